The van der Waals surface area contributed by atoms with Gasteiger partial charge in [-0.1, -0.05) is 6.92 Å². The summed E-state index contributed by atoms with van der Waals surface area (Å²) < 4.78 is 0. The van der Waals surface area contributed by atoms with E-state index in [2.05, 4.69) is 29.0 Å². The maximum absolute atomic E-state index is 4.66. The molecule has 0 radical (unpaired) electrons. The van der Waals surface area contributed by atoms with Crippen molar-refractivity contribution >= 4 is 23.1 Å². The molecule has 3 heteroatoms. The maximum atomic E-state index is 4.66. The first-order valence-corrected chi connectivity index (χ1v) is 6.95. The highest BCUT2D eigenvalue weighted by molar-refractivity contribution is 7.99. The Kier molecular flexibility index (Phi) is 3.28. The molecule has 0 saturated carbocycles. The fourth-order valence-electron chi connectivity index (χ4n) is 1.62. The second kappa shape index (κ2) is 4.47. The van der Waals surface area contributed by atoms with Gasteiger partial charge in [0, 0.05) is 11.3 Å². The minimum atomic E-state index is 0.770. The number of thiazole rings is 1. The zero-order chi connectivity index (χ0) is 9.10. The lowest BCUT2D eigenvalue weighted by molar-refractivity contribution is 0.631. The fraction of sp³-hybridized carbons (Fsp3) is 0.700. The largest absolute Gasteiger partial charge is 0.246 e. The van der Waals surface area contributed by atoms with E-state index in [1.54, 1.807) is 0 Å². The van der Waals surface area contributed by atoms with Gasteiger partial charge in [-0.25, -0.2) is 4.98 Å². The number of aromatic nitrogens is 1. The molecule has 72 valence electrons. The predicted octanol–water partition coefficient (Wildman–Crippen LogP) is 3.32. The van der Waals surface area contributed by atoms with Crippen LogP contribution in [-0.2, 0) is 6.42 Å². The van der Waals surface area contributed by atoms with Gasteiger partial charge in [0.05, 0.1) is 10.7 Å². The molecule has 1 aromatic heterocycles. The summed E-state index contributed by atoms with van der Waals surface area (Å²) in [6.45, 7) is 2.18. The summed E-state index contributed by atoms with van der Waals surface area (Å²) in [6.07, 6.45) is 3.75. The third-order valence-electron chi connectivity index (χ3n) is 2.50. The molecule has 0 atom stereocenters. The molecule has 0 unspecified atom stereocenters. The summed E-state index contributed by atoms with van der Waals surface area (Å²) >= 11 is 3.94. The molecule has 1 aliphatic heterocycles. The predicted molar refractivity (Wildman–Crippen MR) is 60.8 cm³/mol. The first-order chi connectivity index (χ1) is 6.40. The van der Waals surface area contributed by atoms with E-state index < -0.39 is 0 Å². The molecule has 0 bridgehead atoms. The molecule has 1 aromatic rings. The van der Waals surface area contributed by atoms with Gasteiger partial charge in [-0.3, -0.25) is 0 Å². The van der Waals surface area contributed by atoms with E-state index in [4.69, 9.17) is 0 Å². The lowest BCUT2D eigenvalue weighted by atomic mass is 10.0. The molecular weight excluding hydrogens is 198 g/mol. The standard InChI is InChI=1S/C10H15NS2/c1-2-9-7-13-10(11-9)8-3-5-12-6-4-8/h7-8H,2-6H2,1H3. The summed E-state index contributed by atoms with van der Waals surface area (Å²) in [6, 6.07) is 0. The van der Waals surface area contributed by atoms with Gasteiger partial charge in [0.2, 0.25) is 0 Å². The van der Waals surface area contributed by atoms with Crippen molar-refractivity contribution in [1.82, 2.24) is 4.98 Å². The van der Waals surface area contributed by atoms with E-state index in [1.807, 2.05) is 11.3 Å². The highest BCUT2D eigenvalue weighted by atomic mass is 32.2. The SMILES string of the molecule is CCc1csc(C2CCSCC2)n1. The summed E-state index contributed by atoms with van der Waals surface area (Å²) in [7, 11) is 0. The van der Waals surface area contributed by atoms with E-state index in [0.29, 0.717) is 0 Å². The van der Waals surface area contributed by atoms with Crippen molar-refractivity contribution in [2.45, 2.75) is 32.1 Å². The molecule has 1 nitrogen and oxygen atoms in total. The van der Waals surface area contributed by atoms with E-state index in [-0.39, 0.29) is 0 Å². The van der Waals surface area contributed by atoms with Crippen LogP contribution in [0.25, 0.3) is 0 Å². The minimum Gasteiger partial charge on any atom is -0.246 e. The van der Waals surface area contributed by atoms with Crippen LogP contribution in [0.1, 0.15) is 36.4 Å². The summed E-state index contributed by atoms with van der Waals surface area (Å²) in [4.78, 5) is 4.66. The quantitative estimate of drug-likeness (QED) is 0.747. The number of rotatable bonds is 2. The number of thioether (sulfide) groups is 1. The number of hydrogen-bond donors (Lipinski definition) is 0. The second-order valence-corrected chi connectivity index (χ2v) is 5.53. The van der Waals surface area contributed by atoms with Crippen LogP contribution in [0, 0.1) is 0 Å². The molecule has 2 heterocycles. The third-order valence-corrected chi connectivity index (χ3v) is 4.61. The number of nitrogens with zero attached hydrogens (tertiary/aromatic N) is 1. The smallest absolute Gasteiger partial charge is 0.0959 e. The highest BCUT2D eigenvalue weighted by Gasteiger charge is 2.18. The van der Waals surface area contributed by atoms with Gasteiger partial charge in [0.15, 0.2) is 0 Å². The monoisotopic (exact) mass is 213 g/mol. The minimum absolute atomic E-state index is 0.770. The molecule has 0 aliphatic carbocycles. The molecule has 0 aromatic carbocycles. The Hall–Kier alpha value is -0.0200. The summed E-state index contributed by atoms with van der Waals surface area (Å²) in [5, 5.41) is 3.61. The lowest BCUT2D eigenvalue weighted by Gasteiger charge is -2.18. The number of aryl methyl sites for hydroxylation is 1. The van der Waals surface area contributed by atoms with Crippen LogP contribution in [0.15, 0.2) is 5.38 Å². The van der Waals surface area contributed by atoms with Crippen molar-refractivity contribution < 1.29 is 0 Å². The Labute approximate surface area is 88.0 Å². The summed E-state index contributed by atoms with van der Waals surface area (Å²) in [5.74, 6) is 3.42. The van der Waals surface area contributed by atoms with Gasteiger partial charge in [-0.05, 0) is 30.8 Å². The van der Waals surface area contributed by atoms with Gasteiger partial charge in [-0.15, -0.1) is 11.3 Å². The first kappa shape index (κ1) is 9.53. The summed E-state index contributed by atoms with van der Waals surface area (Å²) in [5.41, 5.74) is 1.28. The Bertz CT molecular complexity index is 264. The average molecular weight is 213 g/mol. The molecule has 2 rings (SSSR count). The number of hydrogen-bond acceptors (Lipinski definition) is 3. The van der Waals surface area contributed by atoms with E-state index in [1.165, 1.54) is 35.0 Å². The second-order valence-electron chi connectivity index (χ2n) is 3.42. The third kappa shape index (κ3) is 2.26. The van der Waals surface area contributed by atoms with Gasteiger partial charge in [0.25, 0.3) is 0 Å². The normalized spacial score (nSPS) is 19.2. The molecule has 1 saturated heterocycles. The van der Waals surface area contributed by atoms with Gasteiger partial charge in [0.1, 0.15) is 0 Å². The topological polar surface area (TPSA) is 12.9 Å². The Morgan fingerprint density at radius 1 is 1.46 bits per heavy atom. The Morgan fingerprint density at radius 2 is 2.23 bits per heavy atom. The van der Waals surface area contributed by atoms with Crippen molar-refractivity contribution in [2.24, 2.45) is 0 Å². The van der Waals surface area contributed by atoms with Gasteiger partial charge in [-0.2, -0.15) is 11.8 Å². The molecule has 0 N–H and O–H groups in total. The molecule has 1 aliphatic rings. The van der Waals surface area contributed by atoms with Crippen LogP contribution in [0.4, 0.5) is 0 Å². The zero-order valence-electron chi connectivity index (χ0n) is 7.95. The molecule has 13 heavy (non-hydrogen) atoms. The molecule has 0 amide bonds. The van der Waals surface area contributed by atoms with Crippen molar-refractivity contribution in [2.75, 3.05) is 11.5 Å². The van der Waals surface area contributed by atoms with Crippen LogP contribution in [-0.4, -0.2) is 16.5 Å². The Balaban J connectivity index is 2.05. The zero-order valence-corrected chi connectivity index (χ0v) is 9.59. The molecular formula is C10H15NS2. The maximum Gasteiger partial charge on any atom is 0.0959 e. The van der Waals surface area contributed by atoms with E-state index >= 15 is 0 Å². The van der Waals surface area contributed by atoms with Crippen LogP contribution >= 0.6 is 23.1 Å². The highest BCUT2D eigenvalue weighted by Crippen LogP contribution is 2.33. The van der Waals surface area contributed by atoms with Crippen molar-refractivity contribution in [1.29, 1.82) is 0 Å². The van der Waals surface area contributed by atoms with E-state index in [0.717, 1.165) is 12.3 Å². The van der Waals surface area contributed by atoms with Crippen molar-refractivity contribution in [3.05, 3.63) is 16.1 Å². The van der Waals surface area contributed by atoms with Crippen molar-refractivity contribution in [3.8, 4) is 0 Å². The fourth-order valence-corrected chi connectivity index (χ4v) is 3.80. The van der Waals surface area contributed by atoms with Crippen LogP contribution in [0.3, 0.4) is 0 Å². The van der Waals surface area contributed by atoms with Gasteiger partial charge < -0.3 is 0 Å². The van der Waals surface area contributed by atoms with Gasteiger partial charge >= 0.3 is 0 Å². The first-order valence-electron chi connectivity index (χ1n) is 4.92. The molecule has 1 fully saturated rings. The van der Waals surface area contributed by atoms with Crippen molar-refractivity contribution in [3.63, 3.8) is 0 Å². The van der Waals surface area contributed by atoms with Crippen LogP contribution < -0.4 is 0 Å². The molecule has 0 spiro atoms. The van der Waals surface area contributed by atoms with E-state index in [9.17, 15) is 0 Å². The van der Waals surface area contributed by atoms with Crippen LogP contribution in [0.2, 0.25) is 0 Å². The average Bonchev–Trinajstić information content (AvgIpc) is 2.67. The van der Waals surface area contributed by atoms with Crippen LogP contribution in [0.5, 0.6) is 0 Å². The Morgan fingerprint density at radius 3 is 2.85 bits per heavy atom. The lowest BCUT2D eigenvalue weighted by Crippen LogP contribution is -2.07.